The van der Waals surface area contributed by atoms with Crippen LogP contribution in [0.2, 0.25) is 0 Å². The number of aromatic nitrogens is 3. The molecule has 1 fully saturated rings. The predicted molar refractivity (Wildman–Crippen MR) is 125 cm³/mol. The topological polar surface area (TPSA) is 77.0 Å². The molecule has 30 heavy (non-hydrogen) atoms. The van der Waals surface area contributed by atoms with Gasteiger partial charge in [0.05, 0.1) is 22.3 Å². The fraction of sp³-hybridized carbons (Fsp3) is 0.409. The largest absolute Gasteiger partial charge is 0.334 e. The fourth-order valence-electron chi connectivity index (χ4n) is 4.27. The summed E-state index contributed by atoms with van der Waals surface area (Å²) in [4.78, 5) is 20.4. The van der Waals surface area contributed by atoms with Crippen molar-refractivity contribution in [2.24, 2.45) is 18.7 Å². The summed E-state index contributed by atoms with van der Waals surface area (Å²) in [7, 11) is 1.87. The van der Waals surface area contributed by atoms with Crippen LogP contribution in [0.3, 0.4) is 0 Å². The highest BCUT2D eigenvalue weighted by molar-refractivity contribution is 6.07. The van der Waals surface area contributed by atoms with Gasteiger partial charge in [0.15, 0.2) is 5.65 Å². The summed E-state index contributed by atoms with van der Waals surface area (Å²) < 4.78 is 1.76. The van der Waals surface area contributed by atoms with Crippen molar-refractivity contribution in [1.29, 1.82) is 0 Å². The van der Waals surface area contributed by atoms with Crippen molar-refractivity contribution in [2.45, 2.75) is 32.7 Å². The second-order valence-electron chi connectivity index (χ2n) is 7.85. The number of hydrogen-bond donors (Lipinski definition) is 1. The average molecular weight is 450 g/mol. The molecule has 8 heteroatoms. The summed E-state index contributed by atoms with van der Waals surface area (Å²) in [5.74, 6) is 0.623. The Balaban J connectivity index is 0.00000160. The van der Waals surface area contributed by atoms with Crippen molar-refractivity contribution in [3.63, 3.8) is 0 Å². The molecule has 2 unspecified atom stereocenters. The molecular formula is C22H29Cl2N5O. The van der Waals surface area contributed by atoms with Crippen molar-refractivity contribution in [2.75, 3.05) is 13.1 Å². The Morgan fingerprint density at radius 1 is 1.23 bits per heavy atom. The number of hydrogen-bond acceptors (Lipinski definition) is 4. The molecule has 0 saturated carbocycles. The first-order valence-corrected chi connectivity index (χ1v) is 9.90. The van der Waals surface area contributed by atoms with Gasteiger partial charge >= 0.3 is 0 Å². The summed E-state index contributed by atoms with van der Waals surface area (Å²) in [6.07, 6.45) is 1.96. The van der Waals surface area contributed by atoms with E-state index in [1.165, 1.54) is 0 Å². The van der Waals surface area contributed by atoms with Gasteiger partial charge in [-0.05, 0) is 31.7 Å². The SMILES string of the molecule is Cc1nn(C)c2nc(-c3ccccc3)cc(C(=O)N3CCC(C)CC3CN)c12.Cl.Cl. The van der Waals surface area contributed by atoms with Crippen LogP contribution in [0.4, 0.5) is 0 Å². The van der Waals surface area contributed by atoms with Gasteiger partial charge in [-0.1, -0.05) is 37.3 Å². The maximum absolute atomic E-state index is 13.6. The molecule has 1 aliphatic rings. The van der Waals surface area contributed by atoms with Crippen molar-refractivity contribution in [3.8, 4) is 11.3 Å². The van der Waals surface area contributed by atoms with Crippen LogP contribution < -0.4 is 5.73 Å². The summed E-state index contributed by atoms with van der Waals surface area (Å²) in [5.41, 5.74) is 10.0. The molecule has 0 aliphatic carbocycles. The number of pyridine rings is 1. The normalized spacial score (nSPS) is 18.6. The molecular weight excluding hydrogens is 421 g/mol. The number of piperidine rings is 1. The molecule has 1 aromatic carbocycles. The molecule has 1 aliphatic heterocycles. The number of nitrogens with zero attached hydrogens (tertiary/aromatic N) is 4. The maximum Gasteiger partial charge on any atom is 0.255 e. The Labute approximate surface area is 189 Å². The van der Waals surface area contributed by atoms with Crippen LogP contribution in [-0.2, 0) is 7.05 Å². The second kappa shape index (κ2) is 9.77. The zero-order valence-corrected chi connectivity index (χ0v) is 19.2. The third kappa shape index (κ3) is 4.31. The van der Waals surface area contributed by atoms with Gasteiger partial charge < -0.3 is 10.6 Å². The predicted octanol–water partition coefficient (Wildman–Crippen LogP) is 3.99. The molecule has 3 heterocycles. The van der Waals surface area contributed by atoms with E-state index in [1.54, 1.807) is 4.68 Å². The third-order valence-corrected chi connectivity index (χ3v) is 5.78. The standard InChI is InChI=1S/C22H27N5O.2ClH/c1-14-9-10-27(17(11-14)13-23)22(28)18-12-19(16-7-5-4-6-8-16)24-21-20(18)15(2)25-26(21)3;;/h4-8,12,14,17H,9-11,13,23H2,1-3H3;2*1H. The quantitative estimate of drug-likeness (QED) is 0.655. The summed E-state index contributed by atoms with van der Waals surface area (Å²) in [5, 5.41) is 5.36. The lowest BCUT2D eigenvalue weighted by molar-refractivity contribution is 0.0575. The summed E-state index contributed by atoms with van der Waals surface area (Å²) in [6, 6.07) is 12.0. The van der Waals surface area contributed by atoms with E-state index in [9.17, 15) is 4.79 Å². The molecule has 1 saturated heterocycles. The number of nitrogens with two attached hydrogens (primary N) is 1. The van der Waals surface area contributed by atoms with Crippen LogP contribution in [0.25, 0.3) is 22.3 Å². The zero-order chi connectivity index (χ0) is 19.8. The van der Waals surface area contributed by atoms with Crippen LogP contribution >= 0.6 is 24.8 Å². The zero-order valence-electron chi connectivity index (χ0n) is 17.5. The Morgan fingerprint density at radius 2 is 1.93 bits per heavy atom. The molecule has 2 atom stereocenters. The van der Waals surface area contributed by atoms with Gasteiger partial charge in [0.2, 0.25) is 0 Å². The van der Waals surface area contributed by atoms with E-state index >= 15 is 0 Å². The molecule has 0 spiro atoms. The third-order valence-electron chi connectivity index (χ3n) is 5.78. The molecule has 1 amide bonds. The van der Waals surface area contributed by atoms with E-state index < -0.39 is 0 Å². The average Bonchev–Trinajstić information content (AvgIpc) is 3.01. The minimum atomic E-state index is 0. The Bertz CT molecular complexity index is 1020. The number of rotatable bonds is 3. The van der Waals surface area contributed by atoms with E-state index in [0.717, 1.165) is 47.4 Å². The van der Waals surface area contributed by atoms with Crippen molar-refractivity contribution in [3.05, 3.63) is 47.7 Å². The van der Waals surface area contributed by atoms with Crippen LogP contribution in [0, 0.1) is 12.8 Å². The lowest BCUT2D eigenvalue weighted by Gasteiger charge is -2.38. The van der Waals surface area contributed by atoms with Crippen LogP contribution in [0.15, 0.2) is 36.4 Å². The first kappa shape index (κ1) is 24.1. The van der Waals surface area contributed by atoms with E-state index in [1.807, 2.05) is 55.3 Å². The van der Waals surface area contributed by atoms with E-state index in [2.05, 4.69) is 12.0 Å². The highest BCUT2D eigenvalue weighted by Gasteiger charge is 2.31. The fourth-order valence-corrected chi connectivity index (χ4v) is 4.27. The highest BCUT2D eigenvalue weighted by atomic mass is 35.5. The number of carbonyl (C=O) groups excluding carboxylic acids is 1. The minimum absolute atomic E-state index is 0. The Morgan fingerprint density at radius 3 is 2.60 bits per heavy atom. The number of fused-ring (bicyclic) bond motifs is 1. The van der Waals surface area contributed by atoms with E-state index in [4.69, 9.17) is 10.7 Å². The van der Waals surface area contributed by atoms with Gasteiger partial charge in [0, 0.05) is 31.7 Å². The van der Waals surface area contributed by atoms with Gasteiger partial charge in [0.25, 0.3) is 5.91 Å². The van der Waals surface area contributed by atoms with E-state index in [-0.39, 0.29) is 36.8 Å². The summed E-state index contributed by atoms with van der Waals surface area (Å²) in [6.45, 7) is 5.39. The molecule has 6 nitrogen and oxygen atoms in total. The van der Waals surface area contributed by atoms with Crippen LogP contribution in [0.5, 0.6) is 0 Å². The van der Waals surface area contributed by atoms with Crippen LogP contribution in [0.1, 0.15) is 35.8 Å². The molecule has 2 N–H and O–H groups in total. The van der Waals surface area contributed by atoms with Gasteiger partial charge in [-0.15, -0.1) is 24.8 Å². The van der Waals surface area contributed by atoms with Gasteiger partial charge in [-0.3, -0.25) is 9.48 Å². The minimum Gasteiger partial charge on any atom is -0.334 e. The number of benzene rings is 1. The number of carbonyl (C=O) groups is 1. The van der Waals surface area contributed by atoms with Gasteiger partial charge in [-0.2, -0.15) is 5.10 Å². The van der Waals surface area contributed by atoms with Gasteiger partial charge in [-0.25, -0.2) is 4.98 Å². The molecule has 3 aromatic rings. The molecule has 2 aromatic heterocycles. The second-order valence-corrected chi connectivity index (χ2v) is 7.85. The first-order chi connectivity index (χ1) is 13.5. The lowest BCUT2D eigenvalue weighted by Crippen LogP contribution is -2.49. The van der Waals surface area contributed by atoms with Crippen molar-refractivity contribution >= 4 is 41.8 Å². The molecule has 0 radical (unpaired) electrons. The van der Waals surface area contributed by atoms with E-state index in [0.29, 0.717) is 18.0 Å². The summed E-state index contributed by atoms with van der Waals surface area (Å²) >= 11 is 0. The Kier molecular flexibility index (Phi) is 7.86. The van der Waals surface area contributed by atoms with Crippen molar-refractivity contribution in [1.82, 2.24) is 19.7 Å². The smallest absolute Gasteiger partial charge is 0.255 e. The number of likely N-dealkylation sites (tertiary alicyclic amines) is 1. The monoisotopic (exact) mass is 449 g/mol. The number of halogens is 2. The molecule has 4 rings (SSSR count). The Hall–Kier alpha value is -2.15. The van der Waals surface area contributed by atoms with Crippen LogP contribution in [-0.4, -0.2) is 44.7 Å². The molecule has 0 bridgehead atoms. The van der Waals surface area contributed by atoms with Gasteiger partial charge in [0.1, 0.15) is 0 Å². The lowest BCUT2D eigenvalue weighted by atomic mass is 9.91. The first-order valence-electron chi connectivity index (χ1n) is 9.90. The maximum atomic E-state index is 13.6. The molecule has 162 valence electrons. The number of aryl methyl sites for hydroxylation is 2. The van der Waals surface area contributed by atoms with Crippen molar-refractivity contribution < 1.29 is 4.79 Å². The number of amides is 1. The highest BCUT2D eigenvalue weighted by Crippen LogP contribution is 2.30.